The zero-order valence-electron chi connectivity index (χ0n) is 10.1. The van der Waals surface area contributed by atoms with E-state index in [0.717, 1.165) is 18.0 Å². The van der Waals surface area contributed by atoms with Gasteiger partial charge in [0.2, 0.25) is 0 Å². The van der Waals surface area contributed by atoms with E-state index in [-0.39, 0.29) is 12.6 Å². The fourth-order valence-corrected chi connectivity index (χ4v) is 2.00. The lowest BCUT2D eigenvalue weighted by Gasteiger charge is -2.10. The molecule has 1 heterocycles. The molecule has 18 heavy (non-hydrogen) atoms. The summed E-state index contributed by atoms with van der Waals surface area (Å²) in [5, 5.41) is 3.83. The lowest BCUT2D eigenvalue weighted by molar-refractivity contribution is 0.310. The Bertz CT molecular complexity index is 449. The maximum absolute atomic E-state index is 5.76. The Kier molecular flexibility index (Phi) is 4.75. The minimum atomic E-state index is 0.264. The molecule has 1 aromatic carbocycles. The Balaban J connectivity index is 2.05. The highest BCUT2D eigenvalue weighted by Gasteiger charge is 2.23. The first-order chi connectivity index (χ1) is 8.74. The van der Waals surface area contributed by atoms with E-state index in [1.807, 2.05) is 18.2 Å². The second-order valence-electron chi connectivity index (χ2n) is 3.97. The van der Waals surface area contributed by atoms with Gasteiger partial charge in [-0.2, -0.15) is 0 Å². The maximum atomic E-state index is 5.76. The van der Waals surface area contributed by atoms with Crippen LogP contribution in [0.15, 0.2) is 28.8 Å². The number of hydrogen-bond acceptors (Lipinski definition) is 3. The van der Waals surface area contributed by atoms with Crippen LogP contribution < -0.4 is 14.8 Å². The molecule has 0 radical (unpaired) electrons. The molecule has 0 bridgehead atoms. The van der Waals surface area contributed by atoms with Gasteiger partial charge in [-0.15, -0.1) is 0 Å². The van der Waals surface area contributed by atoms with Gasteiger partial charge in [-0.1, -0.05) is 30.1 Å². The standard InChI is InChI=1S/C13H15Cl2NO2/c1-2-16-12-8-18-13-5-10(3-4-11(12)13)17-7-9(15)6-14/h3-6,12,16H,2,7-8H2,1H3. The molecular formula is C13H15Cl2NO2. The molecule has 0 aliphatic carbocycles. The molecule has 0 aromatic heterocycles. The van der Waals surface area contributed by atoms with E-state index in [9.17, 15) is 0 Å². The summed E-state index contributed by atoms with van der Waals surface area (Å²) in [7, 11) is 0. The highest BCUT2D eigenvalue weighted by molar-refractivity contribution is 6.36. The molecule has 1 aliphatic heterocycles. The van der Waals surface area contributed by atoms with Gasteiger partial charge in [0.1, 0.15) is 24.7 Å². The van der Waals surface area contributed by atoms with E-state index in [1.165, 1.54) is 11.1 Å². The van der Waals surface area contributed by atoms with Crippen LogP contribution >= 0.6 is 23.2 Å². The van der Waals surface area contributed by atoms with E-state index in [2.05, 4.69) is 12.2 Å². The molecule has 0 spiro atoms. The van der Waals surface area contributed by atoms with Crippen molar-refractivity contribution in [1.82, 2.24) is 5.32 Å². The number of likely N-dealkylation sites (N-methyl/N-ethyl adjacent to an activating group) is 1. The highest BCUT2D eigenvalue weighted by atomic mass is 35.5. The van der Waals surface area contributed by atoms with Gasteiger partial charge in [-0.05, 0) is 18.7 Å². The molecule has 2 rings (SSSR count). The molecule has 0 saturated heterocycles. The molecule has 1 atom stereocenters. The van der Waals surface area contributed by atoms with Crippen molar-refractivity contribution >= 4 is 23.2 Å². The third-order valence-electron chi connectivity index (χ3n) is 2.71. The van der Waals surface area contributed by atoms with Crippen LogP contribution in [0.2, 0.25) is 0 Å². The van der Waals surface area contributed by atoms with Crippen molar-refractivity contribution in [2.45, 2.75) is 13.0 Å². The smallest absolute Gasteiger partial charge is 0.128 e. The summed E-state index contributed by atoms with van der Waals surface area (Å²) in [6, 6.07) is 6.08. The summed E-state index contributed by atoms with van der Waals surface area (Å²) in [6.45, 7) is 3.92. The molecule has 98 valence electrons. The van der Waals surface area contributed by atoms with Crippen molar-refractivity contribution in [3.63, 3.8) is 0 Å². The summed E-state index contributed by atoms with van der Waals surface area (Å²) in [5.74, 6) is 1.59. The molecular weight excluding hydrogens is 273 g/mol. The van der Waals surface area contributed by atoms with Crippen LogP contribution in [-0.2, 0) is 0 Å². The number of ether oxygens (including phenoxy) is 2. The van der Waals surface area contributed by atoms with E-state index >= 15 is 0 Å². The molecule has 1 unspecified atom stereocenters. The first kappa shape index (κ1) is 13.5. The Hall–Kier alpha value is -0.900. The van der Waals surface area contributed by atoms with Crippen molar-refractivity contribution < 1.29 is 9.47 Å². The average Bonchev–Trinajstić information content (AvgIpc) is 2.79. The van der Waals surface area contributed by atoms with E-state index < -0.39 is 0 Å². The van der Waals surface area contributed by atoms with Crippen LogP contribution in [0.3, 0.4) is 0 Å². The molecule has 1 aliphatic rings. The second-order valence-corrected chi connectivity index (χ2v) is 4.67. The number of fused-ring (bicyclic) bond motifs is 1. The average molecular weight is 288 g/mol. The first-order valence-electron chi connectivity index (χ1n) is 5.82. The van der Waals surface area contributed by atoms with E-state index in [1.54, 1.807) is 0 Å². The fraction of sp³-hybridized carbons (Fsp3) is 0.385. The van der Waals surface area contributed by atoms with Gasteiger partial charge in [0.25, 0.3) is 0 Å². The SMILES string of the molecule is CCNC1COc2cc(OCC(Cl)=CCl)ccc21. The normalized spacial score (nSPS) is 18.4. The predicted octanol–water partition coefficient (Wildman–Crippen LogP) is 3.43. The predicted molar refractivity (Wildman–Crippen MR) is 73.6 cm³/mol. The van der Waals surface area contributed by atoms with E-state index in [0.29, 0.717) is 11.6 Å². The third kappa shape index (κ3) is 3.10. The molecule has 0 fully saturated rings. The molecule has 1 N–H and O–H groups in total. The summed E-state index contributed by atoms with van der Waals surface area (Å²) in [5.41, 5.74) is 2.47. The van der Waals surface area contributed by atoms with Gasteiger partial charge < -0.3 is 14.8 Å². The minimum absolute atomic E-state index is 0.264. The molecule has 5 heteroatoms. The van der Waals surface area contributed by atoms with Crippen molar-refractivity contribution in [2.75, 3.05) is 19.8 Å². The molecule has 1 aromatic rings. The quantitative estimate of drug-likeness (QED) is 0.900. The number of rotatable bonds is 5. The van der Waals surface area contributed by atoms with Gasteiger partial charge in [0, 0.05) is 17.2 Å². The van der Waals surface area contributed by atoms with Gasteiger partial charge in [0.15, 0.2) is 0 Å². The van der Waals surface area contributed by atoms with Crippen LogP contribution in [0.1, 0.15) is 18.5 Å². The Labute approximate surface area is 117 Å². The summed E-state index contributed by atoms with van der Waals surface area (Å²) in [6.07, 6.45) is 0. The number of hydrogen-bond donors (Lipinski definition) is 1. The molecule has 3 nitrogen and oxygen atoms in total. The maximum Gasteiger partial charge on any atom is 0.128 e. The third-order valence-corrected chi connectivity index (χ3v) is 3.30. The number of nitrogens with one attached hydrogen (secondary N) is 1. The molecule has 0 saturated carbocycles. The van der Waals surface area contributed by atoms with Crippen molar-refractivity contribution in [2.24, 2.45) is 0 Å². The van der Waals surface area contributed by atoms with Crippen LogP contribution in [0.4, 0.5) is 0 Å². The fourth-order valence-electron chi connectivity index (χ4n) is 1.88. The Morgan fingerprint density at radius 1 is 1.61 bits per heavy atom. The highest BCUT2D eigenvalue weighted by Crippen LogP contribution is 2.35. The Morgan fingerprint density at radius 2 is 2.44 bits per heavy atom. The first-order valence-corrected chi connectivity index (χ1v) is 6.63. The van der Waals surface area contributed by atoms with Crippen LogP contribution in [0.25, 0.3) is 0 Å². The number of benzene rings is 1. The Morgan fingerprint density at radius 3 is 3.17 bits per heavy atom. The van der Waals surface area contributed by atoms with Gasteiger partial charge in [-0.25, -0.2) is 0 Å². The zero-order valence-corrected chi connectivity index (χ0v) is 11.6. The zero-order chi connectivity index (χ0) is 13.0. The van der Waals surface area contributed by atoms with Gasteiger partial charge in [0.05, 0.1) is 11.1 Å². The lowest BCUT2D eigenvalue weighted by Crippen LogP contribution is -2.21. The van der Waals surface area contributed by atoms with E-state index in [4.69, 9.17) is 32.7 Å². The van der Waals surface area contributed by atoms with Gasteiger partial charge >= 0.3 is 0 Å². The topological polar surface area (TPSA) is 30.5 Å². The summed E-state index contributed by atoms with van der Waals surface area (Å²) >= 11 is 11.2. The summed E-state index contributed by atoms with van der Waals surface area (Å²) in [4.78, 5) is 0. The monoisotopic (exact) mass is 287 g/mol. The minimum Gasteiger partial charge on any atom is -0.491 e. The van der Waals surface area contributed by atoms with Crippen molar-refractivity contribution in [3.05, 3.63) is 34.3 Å². The molecule has 0 amide bonds. The van der Waals surface area contributed by atoms with Crippen LogP contribution in [-0.4, -0.2) is 19.8 Å². The lowest BCUT2D eigenvalue weighted by atomic mass is 10.1. The van der Waals surface area contributed by atoms with Crippen molar-refractivity contribution in [3.8, 4) is 11.5 Å². The number of halogens is 2. The van der Waals surface area contributed by atoms with Crippen molar-refractivity contribution in [1.29, 1.82) is 0 Å². The summed E-state index contributed by atoms with van der Waals surface area (Å²) < 4.78 is 11.1. The van der Waals surface area contributed by atoms with Crippen LogP contribution in [0.5, 0.6) is 11.5 Å². The largest absolute Gasteiger partial charge is 0.491 e. The van der Waals surface area contributed by atoms with Crippen LogP contribution in [0, 0.1) is 0 Å². The second kappa shape index (κ2) is 6.32. The van der Waals surface area contributed by atoms with Gasteiger partial charge in [-0.3, -0.25) is 0 Å².